The van der Waals surface area contributed by atoms with E-state index in [0.29, 0.717) is 6.42 Å². The molecule has 0 spiro atoms. The van der Waals surface area contributed by atoms with Gasteiger partial charge in [-0.2, -0.15) is 21.3 Å². The molecule has 0 aromatic carbocycles. The largest absolute Gasteiger partial charge is 1.00 e. The van der Waals surface area contributed by atoms with Crippen LogP contribution in [-0.2, 0) is 14.6 Å². The summed E-state index contributed by atoms with van der Waals surface area (Å²) in [6.07, 6.45) is 12.4. The molecular formula is C12H25NaO4S. The van der Waals surface area contributed by atoms with Crippen molar-refractivity contribution in [2.24, 2.45) is 0 Å². The molecule has 18 heavy (non-hydrogen) atoms. The van der Waals surface area contributed by atoms with Crippen LogP contribution in [0, 0.1) is 6.42 Å². The van der Waals surface area contributed by atoms with E-state index in [9.17, 15) is 8.42 Å². The van der Waals surface area contributed by atoms with Gasteiger partial charge >= 0.3 is 40.0 Å². The minimum absolute atomic E-state index is 0. The SMILES string of the molecule is CCCCCC[CH-]CCCCCOS(=O)(=O)O.[Na+]. The maximum Gasteiger partial charge on any atom is 1.00 e. The molecule has 104 valence electrons. The molecule has 0 saturated heterocycles. The summed E-state index contributed by atoms with van der Waals surface area (Å²) in [6.45, 7) is 2.29. The van der Waals surface area contributed by atoms with E-state index in [1.807, 2.05) is 0 Å². The Balaban J connectivity index is 0. The summed E-state index contributed by atoms with van der Waals surface area (Å²) < 4.78 is 33.0. The molecule has 0 radical (unpaired) electrons. The molecule has 0 fully saturated rings. The van der Waals surface area contributed by atoms with Crippen LogP contribution in [0.4, 0.5) is 0 Å². The maximum atomic E-state index is 10.2. The summed E-state index contributed by atoms with van der Waals surface area (Å²) in [5.74, 6) is 0. The quantitative estimate of drug-likeness (QED) is 0.246. The third kappa shape index (κ3) is 19.2. The summed E-state index contributed by atoms with van der Waals surface area (Å²) in [5, 5.41) is 0. The van der Waals surface area contributed by atoms with Crippen molar-refractivity contribution in [3.63, 3.8) is 0 Å². The number of hydrogen-bond donors (Lipinski definition) is 1. The first-order chi connectivity index (χ1) is 8.06. The zero-order valence-corrected chi connectivity index (χ0v) is 14.5. The van der Waals surface area contributed by atoms with Gasteiger partial charge in [-0.25, -0.2) is 4.18 Å². The van der Waals surface area contributed by atoms with E-state index in [1.165, 1.54) is 32.1 Å². The van der Waals surface area contributed by atoms with E-state index in [4.69, 9.17) is 4.55 Å². The van der Waals surface area contributed by atoms with Gasteiger partial charge in [0, 0.05) is 0 Å². The van der Waals surface area contributed by atoms with Gasteiger partial charge in [0.25, 0.3) is 0 Å². The molecule has 0 aliphatic carbocycles. The molecule has 6 heteroatoms. The monoisotopic (exact) mass is 288 g/mol. The first-order valence-corrected chi connectivity index (χ1v) is 7.86. The molecule has 1 N–H and O–H groups in total. The van der Waals surface area contributed by atoms with E-state index < -0.39 is 10.4 Å². The van der Waals surface area contributed by atoms with Crippen LogP contribution < -0.4 is 29.6 Å². The molecule has 0 atom stereocenters. The Labute approximate surface area is 134 Å². The minimum Gasteiger partial charge on any atom is -0.328 e. The smallest absolute Gasteiger partial charge is 0.328 e. The summed E-state index contributed by atoms with van der Waals surface area (Å²) in [4.78, 5) is 0. The number of unbranched alkanes of at least 4 members (excludes halogenated alkanes) is 9. The Morgan fingerprint density at radius 1 is 1.00 bits per heavy atom. The summed E-state index contributed by atoms with van der Waals surface area (Å²) in [7, 11) is -4.24. The fourth-order valence-corrected chi connectivity index (χ4v) is 1.92. The molecular weight excluding hydrogens is 263 g/mol. The third-order valence-corrected chi connectivity index (χ3v) is 3.01. The van der Waals surface area contributed by atoms with Gasteiger partial charge in [0.2, 0.25) is 0 Å². The summed E-state index contributed by atoms with van der Waals surface area (Å²) in [5.41, 5.74) is 0. The first-order valence-electron chi connectivity index (χ1n) is 6.49. The Morgan fingerprint density at radius 3 is 2.06 bits per heavy atom. The Kier molecular flexibility index (Phi) is 16.8. The van der Waals surface area contributed by atoms with Crippen molar-refractivity contribution in [3.05, 3.63) is 6.42 Å². The Morgan fingerprint density at radius 2 is 1.56 bits per heavy atom. The number of rotatable bonds is 12. The first kappa shape index (κ1) is 21.2. The molecule has 0 unspecified atom stereocenters. The molecule has 0 rings (SSSR count). The van der Waals surface area contributed by atoms with E-state index in [-0.39, 0.29) is 36.2 Å². The van der Waals surface area contributed by atoms with Crippen LogP contribution in [0.3, 0.4) is 0 Å². The fourth-order valence-electron chi connectivity index (χ4n) is 1.59. The van der Waals surface area contributed by atoms with Gasteiger partial charge < -0.3 is 6.42 Å². The van der Waals surface area contributed by atoms with E-state index in [0.717, 1.165) is 19.3 Å². The molecule has 0 aromatic heterocycles. The third-order valence-electron chi connectivity index (χ3n) is 2.55. The fraction of sp³-hybridized carbons (Fsp3) is 0.917. The van der Waals surface area contributed by atoms with Crippen LogP contribution in [0.15, 0.2) is 0 Å². The Bertz CT molecular complexity index is 255. The molecule has 0 bridgehead atoms. The van der Waals surface area contributed by atoms with Gasteiger partial charge in [-0.05, 0) is 6.42 Å². The normalized spacial score (nSPS) is 11.2. The molecule has 0 amide bonds. The van der Waals surface area contributed by atoms with E-state index in [2.05, 4.69) is 17.5 Å². The molecule has 0 saturated carbocycles. The average Bonchev–Trinajstić information content (AvgIpc) is 2.24. The van der Waals surface area contributed by atoms with Crippen LogP contribution in [0.5, 0.6) is 0 Å². The molecule has 0 heterocycles. The maximum absolute atomic E-state index is 10.2. The van der Waals surface area contributed by atoms with Crippen LogP contribution in [0.25, 0.3) is 0 Å². The molecule has 0 aliphatic rings. The van der Waals surface area contributed by atoms with Crippen molar-refractivity contribution >= 4 is 10.4 Å². The topological polar surface area (TPSA) is 63.6 Å². The number of hydrogen-bond acceptors (Lipinski definition) is 3. The minimum atomic E-state index is -4.24. The van der Waals surface area contributed by atoms with Crippen molar-refractivity contribution in [2.75, 3.05) is 6.61 Å². The molecule has 4 nitrogen and oxygen atoms in total. The van der Waals surface area contributed by atoms with Gasteiger partial charge in [-0.3, -0.25) is 4.55 Å². The second-order valence-electron chi connectivity index (χ2n) is 4.24. The second kappa shape index (κ2) is 14.3. The zero-order valence-electron chi connectivity index (χ0n) is 11.7. The van der Waals surface area contributed by atoms with Crippen molar-refractivity contribution < 1.29 is 46.7 Å². The predicted octanol–water partition coefficient (Wildman–Crippen LogP) is 0.545. The van der Waals surface area contributed by atoms with Crippen molar-refractivity contribution in [3.8, 4) is 0 Å². The van der Waals surface area contributed by atoms with Crippen molar-refractivity contribution in [1.29, 1.82) is 0 Å². The molecule has 0 aromatic rings. The predicted molar refractivity (Wildman–Crippen MR) is 69.0 cm³/mol. The summed E-state index contributed by atoms with van der Waals surface area (Å²) >= 11 is 0. The van der Waals surface area contributed by atoms with Gasteiger partial charge in [0.1, 0.15) is 0 Å². The molecule has 0 aliphatic heterocycles. The van der Waals surface area contributed by atoms with Gasteiger partial charge in [-0.15, -0.1) is 0 Å². The van der Waals surface area contributed by atoms with Gasteiger partial charge in [0.05, 0.1) is 6.61 Å². The zero-order chi connectivity index (χ0) is 13.0. The van der Waals surface area contributed by atoms with Crippen LogP contribution in [-0.4, -0.2) is 19.6 Å². The van der Waals surface area contributed by atoms with Crippen molar-refractivity contribution in [1.82, 2.24) is 0 Å². The second-order valence-corrected chi connectivity index (χ2v) is 5.33. The van der Waals surface area contributed by atoms with Gasteiger partial charge in [0.15, 0.2) is 0 Å². The van der Waals surface area contributed by atoms with Crippen LogP contribution >= 0.6 is 0 Å². The van der Waals surface area contributed by atoms with Crippen LogP contribution in [0.1, 0.15) is 64.7 Å². The van der Waals surface area contributed by atoms with Crippen LogP contribution in [0.2, 0.25) is 0 Å². The van der Waals surface area contributed by atoms with Crippen molar-refractivity contribution in [2.45, 2.75) is 64.7 Å². The summed E-state index contributed by atoms with van der Waals surface area (Å²) in [6, 6.07) is 0. The van der Waals surface area contributed by atoms with E-state index >= 15 is 0 Å². The average molecular weight is 288 g/mol. The van der Waals surface area contributed by atoms with E-state index in [1.54, 1.807) is 0 Å². The Hall–Kier alpha value is 0.870. The van der Waals surface area contributed by atoms with Gasteiger partial charge in [-0.1, -0.05) is 45.4 Å². The standard InChI is InChI=1S/C12H25O4S.Na/c1-2-3-4-5-6-7-8-9-10-11-12-16-17(13,14)15;/h7H,2-6,8-12H2,1H3,(H,13,14,15);/q-1;+1.